The number of hydrogen-bond donors (Lipinski definition) is 0. The van der Waals surface area contributed by atoms with Gasteiger partial charge in [0.25, 0.3) is 0 Å². The van der Waals surface area contributed by atoms with Crippen molar-refractivity contribution in [2.45, 2.75) is 20.8 Å². The molecule has 1 aromatic carbocycles. The van der Waals surface area contributed by atoms with Crippen molar-refractivity contribution in [3.63, 3.8) is 0 Å². The molecule has 0 fully saturated rings. The second-order valence-corrected chi connectivity index (χ2v) is 5.35. The Kier molecular flexibility index (Phi) is 5.40. The molecule has 7 nitrogen and oxygen atoms in total. The molecule has 0 heterocycles. The van der Waals surface area contributed by atoms with Crippen LogP contribution in [0.5, 0.6) is 5.75 Å². The summed E-state index contributed by atoms with van der Waals surface area (Å²) in [5.41, 5.74) is -0.838. The van der Waals surface area contributed by atoms with Crippen LogP contribution in [0.15, 0.2) is 24.3 Å². The molecule has 0 aliphatic carbocycles. The van der Waals surface area contributed by atoms with Crippen molar-refractivity contribution >= 4 is 17.4 Å². The highest BCUT2D eigenvalue weighted by atomic mass is 16.6. The fourth-order valence-electron chi connectivity index (χ4n) is 1.27. The Hall–Kier alpha value is -2.44. The van der Waals surface area contributed by atoms with Gasteiger partial charge in [0.2, 0.25) is 0 Å². The first-order valence-electron chi connectivity index (χ1n) is 6.27. The van der Waals surface area contributed by atoms with Gasteiger partial charge in [0.05, 0.1) is 4.92 Å². The monoisotopic (exact) mass is 295 g/mol. The lowest BCUT2D eigenvalue weighted by molar-refractivity contribution is -0.385. The van der Waals surface area contributed by atoms with E-state index < -0.39 is 22.9 Å². The van der Waals surface area contributed by atoms with Crippen LogP contribution in [0, 0.1) is 15.5 Å². The van der Waals surface area contributed by atoms with Crippen molar-refractivity contribution in [3.05, 3.63) is 34.4 Å². The molecule has 0 aliphatic heterocycles. The average molecular weight is 295 g/mol. The van der Waals surface area contributed by atoms with Gasteiger partial charge in [0.15, 0.2) is 24.7 Å². The molecule has 0 saturated carbocycles. The Labute approximate surface area is 122 Å². The van der Waals surface area contributed by atoms with Crippen molar-refractivity contribution in [1.29, 1.82) is 0 Å². The quantitative estimate of drug-likeness (QED) is 0.453. The minimum absolute atomic E-state index is 0.0263. The number of benzene rings is 1. The second kappa shape index (κ2) is 6.83. The number of hydrogen-bond acceptors (Lipinski definition) is 6. The highest BCUT2D eigenvalue weighted by Crippen LogP contribution is 2.25. The molecule has 21 heavy (non-hydrogen) atoms. The van der Waals surface area contributed by atoms with Crippen molar-refractivity contribution in [3.8, 4) is 5.75 Å². The molecule has 0 aliphatic rings. The van der Waals surface area contributed by atoms with Gasteiger partial charge in [-0.15, -0.1) is 0 Å². The smallest absolute Gasteiger partial charge is 0.344 e. The summed E-state index contributed by atoms with van der Waals surface area (Å²) in [6.07, 6.45) is 0. The lowest BCUT2D eigenvalue weighted by Gasteiger charge is -2.16. The number of para-hydroxylation sites is 2. The standard InChI is InChI=1S/C14H17NO6/c1-14(2,3)12(16)8-21-13(17)9-20-11-7-5-4-6-10(11)15(18)19/h4-7H,8-9H2,1-3H3. The number of ketones is 1. The number of carbonyl (C=O) groups is 2. The summed E-state index contributed by atoms with van der Waals surface area (Å²) in [6.45, 7) is 4.30. The third-order valence-corrected chi connectivity index (χ3v) is 2.61. The van der Waals surface area contributed by atoms with Gasteiger partial charge in [0.1, 0.15) is 0 Å². The first kappa shape index (κ1) is 16.6. The molecular formula is C14H17NO6. The number of esters is 1. The van der Waals surface area contributed by atoms with Crippen LogP contribution >= 0.6 is 0 Å². The van der Waals surface area contributed by atoms with Gasteiger partial charge in [-0.05, 0) is 6.07 Å². The molecule has 0 amide bonds. The van der Waals surface area contributed by atoms with E-state index in [9.17, 15) is 19.7 Å². The zero-order valence-electron chi connectivity index (χ0n) is 12.1. The zero-order chi connectivity index (χ0) is 16.0. The molecule has 0 bridgehead atoms. The van der Waals surface area contributed by atoms with E-state index in [1.165, 1.54) is 18.2 Å². The van der Waals surface area contributed by atoms with Gasteiger partial charge in [-0.25, -0.2) is 4.79 Å². The van der Waals surface area contributed by atoms with E-state index in [2.05, 4.69) is 0 Å². The van der Waals surface area contributed by atoms with Gasteiger partial charge in [0, 0.05) is 11.5 Å². The number of nitrogens with zero attached hydrogens (tertiary/aromatic N) is 1. The Morgan fingerprint density at radius 3 is 2.38 bits per heavy atom. The molecule has 0 N–H and O–H groups in total. The molecule has 7 heteroatoms. The second-order valence-electron chi connectivity index (χ2n) is 5.35. The lowest BCUT2D eigenvalue weighted by Crippen LogP contribution is -2.27. The summed E-state index contributed by atoms with van der Waals surface area (Å²) in [5, 5.41) is 10.8. The number of nitro groups is 1. The van der Waals surface area contributed by atoms with Crippen LogP contribution < -0.4 is 4.74 Å². The molecule has 0 atom stereocenters. The van der Waals surface area contributed by atoms with Crippen molar-refractivity contribution in [1.82, 2.24) is 0 Å². The molecule has 0 saturated heterocycles. The number of Topliss-reactive ketones (excluding diaryl/α,β-unsaturated/α-hetero) is 1. The zero-order valence-corrected chi connectivity index (χ0v) is 12.1. The van der Waals surface area contributed by atoms with Crippen LogP contribution in [0.2, 0.25) is 0 Å². The first-order valence-corrected chi connectivity index (χ1v) is 6.27. The summed E-state index contributed by atoms with van der Waals surface area (Å²) in [4.78, 5) is 33.2. The van der Waals surface area contributed by atoms with E-state index in [0.717, 1.165) is 0 Å². The van der Waals surface area contributed by atoms with E-state index in [1.807, 2.05) is 0 Å². The van der Waals surface area contributed by atoms with Crippen LogP contribution in [0.25, 0.3) is 0 Å². The molecular weight excluding hydrogens is 278 g/mol. The minimum Gasteiger partial charge on any atom is -0.475 e. The van der Waals surface area contributed by atoms with Crippen molar-refractivity contribution in [2.24, 2.45) is 5.41 Å². The first-order chi connectivity index (χ1) is 9.71. The summed E-state index contributed by atoms with van der Waals surface area (Å²) in [5.74, 6) is -1.01. The highest BCUT2D eigenvalue weighted by Gasteiger charge is 2.23. The maximum Gasteiger partial charge on any atom is 0.344 e. The predicted molar refractivity (Wildman–Crippen MR) is 74.0 cm³/mol. The summed E-state index contributed by atoms with van der Waals surface area (Å²) < 4.78 is 9.82. The Bertz CT molecular complexity index is 547. The molecule has 0 aromatic heterocycles. The molecule has 0 spiro atoms. The summed E-state index contributed by atoms with van der Waals surface area (Å²) in [7, 11) is 0. The van der Waals surface area contributed by atoms with Gasteiger partial charge in [-0.1, -0.05) is 32.9 Å². The number of nitro benzene ring substituents is 1. The topological polar surface area (TPSA) is 95.7 Å². The largest absolute Gasteiger partial charge is 0.475 e. The van der Waals surface area contributed by atoms with Crippen LogP contribution in [0.1, 0.15) is 20.8 Å². The third-order valence-electron chi connectivity index (χ3n) is 2.61. The van der Waals surface area contributed by atoms with Crippen LogP contribution in [0.3, 0.4) is 0 Å². The van der Waals surface area contributed by atoms with Crippen LogP contribution in [-0.2, 0) is 14.3 Å². The van der Waals surface area contributed by atoms with Crippen molar-refractivity contribution < 1.29 is 24.0 Å². The summed E-state index contributed by atoms with van der Waals surface area (Å²) >= 11 is 0. The Balaban J connectivity index is 2.51. The van der Waals surface area contributed by atoms with E-state index in [0.29, 0.717) is 0 Å². The van der Waals surface area contributed by atoms with E-state index in [4.69, 9.17) is 9.47 Å². The summed E-state index contributed by atoms with van der Waals surface area (Å²) in [6, 6.07) is 5.69. The molecule has 0 unspecified atom stereocenters. The normalized spacial score (nSPS) is 10.8. The molecule has 0 radical (unpaired) electrons. The van der Waals surface area contributed by atoms with Gasteiger partial charge in [-0.3, -0.25) is 14.9 Å². The molecule has 1 aromatic rings. The van der Waals surface area contributed by atoms with E-state index >= 15 is 0 Å². The van der Waals surface area contributed by atoms with Gasteiger partial charge in [-0.2, -0.15) is 0 Å². The fraction of sp³-hybridized carbons (Fsp3) is 0.429. The van der Waals surface area contributed by atoms with Gasteiger partial charge < -0.3 is 9.47 Å². The average Bonchev–Trinajstić information content (AvgIpc) is 2.41. The fourth-order valence-corrected chi connectivity index (χ4v) is 1.27. The van der Waals surface area contributed by atoms with Crippen LogP contribution in [-0.4, -0.2) is 29.9 Å². The highest BCUT2D eigenvalue weighted by molar-refractivity contribution is 5.86. The maximum atomic E-state index is 11.6. The maximum absolute atomic E-state index is 11.6. The Morgan fingerprint density at radius 1 is 1.19 bits per heavy atom. The van der Waals surface area contributed by atoms with E-state index in [-0.39, 0.29) is 23.8 Å². The molecule has 1 rings (SSSR count). The van der Waals surface area contributed by atoms with E-state index in [1.54, 1.807) is 26.8 Å². The number of carbonyl (C=O) groups excluding carboxylic acids is 2. The SMILES string of the molecule is CC(C)(C)C(=O)COC(=O)COc1ccccc1[N+](=O)[O-]. The number of rotatable bonds is 6. The van der Waals surface area contributed by atoms with Crippen molar-refractivity contribution in [2.75, 3.05) is 13.2 Å². The predicted octanol–water partition coefficient (Wildman–Crippen LogP) is 2.13. The minimum atomic E-state index is -0.759. The lowest BCUT2D eigenvalue weighted by atomic mass is 9.91. The Morgan fingerprint density at radius 2 is 1.81 bits per heavy atom. The molecule has 114 valence electrons. The van der Waals surface area contributed by atoms with Crippen LogP contribution in [0.4, 0.5) is 5.69 Å². The third kappa shape index (κ3) is 5.21. The number of ether oxygens (including phenoxy) is 2. The van der Waals surface area contributed by atoms with Gasteiger partial charge >= 0.3 is 11.7 Å².